The van der Waals surface area contributed by atoms with E-state index < -0.39 is 0 Å². The molecule has 0 fully saturated rings. The Morgan fingerprint density at radius 1 is 1.33 bits per heavy atom. The van der Waals surface area contributed by atoms with Gasteiger partial charge in [-0.1, -0.05) is 28.9 Å². The zero-order valence-electron chi connectivity index (χ0n) is 11.1. The Hall–Kier alpha value is -0.300. The Morgan fingerprint density at radius 2 is 2.06 bits per heavy atom. The second-order valence-electron chi connectivity index (χ2n) is 3.92. The lowest BCUT2D eigenvalue weighted by atomic mass is 10.1. The van der Waals surface area contributed by atoms with Crippen LogP contribution in [-0.2, 0) is 6.54 Å². The molecular weight excluding hydrogens is 405 g/mol. The lowest BCUT2D eigenvalue weighted by Crippen LogP contribution is -2.37. The highest BCUT2D eigenvalue weighted by molar-refractivity contribution is 14.0. The summed E-state index contributed by atoms with van der Waals surface area (Å²) in [6.07, 6.45) is 1.10. The number of benzene rings is 1. The maximum absolute atomic E-state index is 4.17. The summed E-state index contributed by atoms with van der Waals surface area (Å²) in [5.41, 5.74) is 2.56. The van der Waals surface area contributed by atoms with Crippen LogP contribution in [0.2, 0.25) is 0 Å². The molecule has 0 aromatic heterocycles. The van der Waals surface area contributed by atoms with Crippen LogP contribution < -0.4 is 10.6 Å². The van der Waals surface area contributed by atoms with Gasteiger partial charge in [0.25, 0.3) is 0 Å². The average molecular weight is 426 g/mol. The molecule has 1 aromatic rings. The van der Waals surface area contributed by atoms with Gasteiger partial charge in [-0.25, -0.2) is 0 Å². The van der Waals surface area contributed by atoms with E-state index in [1.54, 1.807) is 7.05 Å². The minimum atomic E-state index is 0. The van der Waals surface area contributed by atoms with Crippen LogP contribution in [0.25, 0.3) is 0 Å². The number of hydrogen-bond donors (Lipinski definition) is 2. The van der Waals surface area contributed by atoms with Gasteiger partial charge in [0.1, 0.15) is 0 Å². The summed E-state index contributed by atoms with van der Waals surface area (Å²) in [6.45, 7) is 5.99. The smallest absolute Gasteiger partial charge is 0.191 e. The minimum absolute atomic E-state index is 0. The molecular formula is C13H21BrIN3. The fourth-order valence-corrected chi connectivity index (χ4v) is 1.98. The molecule has 102 valence electrons. The monoisotopic (exact) mass is 425 g/mol. The van der Waals surface area contributed by atoms with Crippen LogP contribution in [0.15, 0.2) is 27.7 Å². The van der Waals surface area contributed by atoms with Crippen molar-refractivity contribution in [2.75, 3.05) is 13.6 Å². The van der Waals surface area contributed by atoms with Gasteiger partial charge >= 0.3 is 0 Å². The zero-order valence-corrected chi connectivity index (χ0v) is 15.0. The number of nitrogens with zero attached hydrogens (tertiary/aromatic N) is 1. The number of aryl methyl sites for hydroxylation is 1. The molecule has 0 saturated heterocycles. The molecule has 0 aliphatic carbocycles. The number of halogens is 2. The van der Waals surface area contributed by atoms with Crippen LogP contribution in [0.3, 0.4) is 0 Å². The molecule has 5 heteroatoms. The van der Waals surface area contributed by atoms with E-state index in [4.69, 9.17) is 0 Å². The van der Waals surface area contributed by atoms with Gasteiger partial charge in [0, 0.05) is 24.6 Å². The maximum atomic E-state index is 4.17. The molecule has 0 saturated carbocycles. The van der Waals surface area contributed by atoms with Crippen molar-refractivity contribution >= 4 is 45.9 Å². The van der Waals surface area contributed by atoms with Gasteiger partial charge in [-0.3, -0.25) is 4.99 Å². The second kappa shape index (κ2) is 9.61. The van der Waals surface area contributed by atoms with E-state index in [0.29, 0.717) is 0 Å². The molecule has 0 heterocycles. The van der Waals surface area contributed by atoms with E-state index in [1.807, 2.05) is 0 Å². The van der Waals surface area contributed by atoms with Crippen molar-refractivity contribution < 1.29 is 0 Å². The molecule has 18 heavy (non-hydrogen) atoms. The van der Waals surface area contributed by atoms with Crippen molar-refractivity contribution in [3.63, 3.8) is 0 Å². The summed E-state index contributed by atoms with van der Waals surface area (Å²) in [6, 6.07) is 6.31. The third kappa shape index (κ3) is 6.04. The SMILES string of the molecule is CCCNC(=NC)NCc1ccc(Br)cc1C.I. The van der Waals surface area contributed by atoms with Gasteiger partial charge in [0.2, 0.25) is 0 Å². The highest BCUT2D eigenvalue weighted by Gasteiger charge is 2.00. The van der Waals surface area contributed by atoms with E-state index in [0.717, 1.165) is 29.9 Å². The van der Waals surface area contributed by atoms with Crippen molar-refractivity contribution in [1.29, 1.82) is 0 Å². The minimum Gasteiger partial charge on any atom is -0.356 e. The normalized spacial score (nSPS) is 10.8. The predicted octanol–water partition coefficient (Wildman–Crippen LogP) is 3.45. The van der Waals surface area contributed by atoms with Gasteiger partial charge in [-0.15, -0.1) is 24.0 Å². The van der Waals surface area contributed by atoms with Gasteiger partial charge < -0.3 is 10.6 Å². The molecule has 0 spiro atoms. The van der Waals surface area contributed by atoms with Crippen LogP contribution in [0.4, 0.5) is 0 Å². The number of rotatable bonds is 4. The van der Waals surface area contributed by atoms with Gasteiger partial charge in [-0.2, -0.15) is 0 Å². The molecule has 0 bridgehead atoms. The van der Waals surface area contributed by atoms with Crippen molar-refractivity contribution in [3.8, 4) is 0 Å². The number of nitrogens with one attached hydrogen (secondary N) is 2. The van der Waals surface area contributed by atoms with Crippen LogP contribution in [0, 0.1) is 6.92 Å². The zero-order chi connectivity index (χ0) is 12.7. The third-order valence-electron chi connectivity index (χ3n) is 2.52. The molecule has 1 aromatic carbocycles. The Labute approximate surface area is 135 Å². The first-order valence-electron chi connectivity index (χ1n) is 5.87. The third-order valence-corrected chi connectivity index (χ3v) is 3.01. The van der Waals surface area contributed by atoms with Gasteiger partial charge in [0.05, 0.1) is 0 Å². The summed E-state index contributed by atoms with van der Waals surface area (Å²) in [5, 5.41) is 6.55. The van der Waals surface area contributed by atoms with E-state index in [9.17, 15) is 0 Å². The lowest BCUT2D eigenvalue weighted by Gasteiger charge is -2.12. The van der Waals surface area contributed by atoms with Gasteiger partial charge in [0.15, 0.2) is 5.96 Å². The number of guanidine groups is 1. The highest BCUT2D eigenvalue weighted by atomic mass is 127. The highest BCUT2D eigenvalue weighted by Crippen LogP contribution is 2.15. The standard InChI is InChI=1S/C13H20BrN3.HI/c1-4-7-16-13(15-3)17-9-11-5-6-12(14)8-10(11)2;/h5-6,8H,4,7,9H2,1-3H3,(H2,15,16,17);1H. The maximum Gasteiger partial charge on any atom is 0.191 e. The summed E-state index contributed by atoms with van der Waals surface area (Å²) >= 11 is 3.47. The molecule has 0 atom stereocenters. The number of hydrogen-bond acceptors (Lipinski definition) is 1. The van der Waals surface area contributed by atoms with Crippen LogP contribution in [0.1, 0.15) is 24.5 Å². The summed E-state index contributed by atoms with van der Waals surface area (Å²) in [7, 11) is 1.79. The van der Waals surface area contributed by atoms with Crippen LogP contribution in [0.5, 0.6) is 0 Å². The average Bonchev–Trinajstić information content (AvgIpc) is 2.31. The number of aliphatic imine (C=N–C) groups is 1. The summed E-state index contributed by atoms with van der Waals surface area (Å²) < 4.78 is 1.12. The molecule has 0 aliphatic rings. The Morgan fingerprint density at radius 3 is 2.61 bits per heavy atom. The summed E-state index contributed by atoms with van der Waals surface area (Å²) in [4.78, 5) is 4.17. The first-order valence-corrected chi connectivity index (χ1v) is 6.66. The molecule has 0 amide bonds. The largest absolute Gasteiger partial charge is 0.356 e. The van der Waals surface area contributed by atoms with E-state index in [1.165, 1.54) is 11.1 Å². The molecule has 3 nitrogen and oxygen atoms in total. The first kappa shape index (κ1) is 17.7. The van der Waals surface area contributed by atoms with Crippen molar-refractivity contribution in [2.24, 2.45) is 4.99 Å². The molecule has 0 unspecified atom stereocenters. The van der Waals surface area contributed by atoms with E-state index >= 15 is 0 Å². The molecule has 1 rings (SSSR count). The Balaban J connectivity index is 0.00000289. The molecule has 2 N–H and O–H groups in total. The quantitative estimate of drug-likeness (QED) is 0.440. The first-order chi connectivity index (χ1) is 8.17. The topological polar surface area (TPSA) is 36.4 Å². The van der Waals surface area contributed by atoms with Crippen molar-refractivity contribution in [2.45, 2.75) is 26.8 Å². The fourth-order valence-electron chi connectivity index (χ4n) is 1.50. The van der Waals surface area contributed by atoms with Crippen molar-refractivity contribution in [1.82, 2.24) is 10.6 Å². The predicted molar refractivity (Wildman–Crippen MR) is 92.8 cm³/mol. The Kier molecular flexibility index (Phi) is 9.45. The van der Waals surface area contributed by atoms with Crippen LogP contribution in [-0.4, -0.2) is 19.6 Å². The lowest BCUT2D eigenvalue weighted by molar-refractivity contribution is 0.780. The molecule has 0 aliphatic heterocycles. The van der Waals surface area contributed by atoms with Gasteiger partial charge in [-0.05, 0) is 36.6 Å². The second-order valence-corrected chi connectivity index (χ2v) is 4.84. The van der Waals surface area contributed by atoms with E-state index in [2.05, 4.69) is 63.6 Å². The Bertz CT molecular complexity index is 394. The van der Waals surface area contributed by atoms with Crippen LogP contribution >= 0.6 is 39.9 Å². The fraction of sp³-hybridized carbons (Fsp3) is 0.462. The summed E-state index contributed by atoms with van der Waals surface area (Å²) in [5.74, 6) is 0.856. The van der Waals surface area contributed by atoms with E-state index in [-0.39, 0.29) is 24.0 Å². The van der Waals surface area contributed by atoms with Crippen molar-refractivity contribution in [3.05, 3.63) is 33.8 Å². The molecule has 0 radical (unpaired) electrons.